The number of hydrogen-bond acceptors (Lipinski definition) is 14. The van der Waals surface area contributed by atoms with E-state index in [0.717, 1.165) is 18.2 Å². The molecular formula is C31H28O14. The molecule has 0 amide bonds. The highest BCUT2D eigenvalue weighted by Crippen LogP contribution is 2.38. The molecule has 3 aromatic carbocycles. The van der Waals surface area contributed by atoms with E-state index in [0.29, 0.717) is 5.56 Å². The maximum absolute atomic E-state index is 12.9. The molecule has 1 aliphatic rings. The van der Waals surface area contributed by atoms with Crippen molar-refractivity contribution in [1.29, 1.82) is 0 Å². The van der Waals surface area contributed by atoms with E-state index < -0.39 is 60.2 Å². The van der Waals surface area contributed by atoms with Crippen molar-refractivity contribution >= 4 is 23.0 Å². The second-order valence-electron chi connectivity index (χ2n) is 10.00. The normalized spacial score (nSPS) is 21.6. The molecular weight excluding hydrogens is 596 g/mol. The summed E-state index contributed by atoms with van der Waals surface area (Å²) in [5.41, 5.74) is -0.460. The summed E-state index contributed by atoms with van der Waals surface area (Å²) in [6, 6.07) is 12.1. The van der Waals surface area contributed by atoms with Gasteiger partial charge in [0.25, 0.3) is 0 Å². The number of hydrogen-bond donors (Lipinski definition) is 7. The minimum absolute atomic E-state index is 0.0346. The molecule has 45 heavy (non-hydrogen) atoms. The molecule has 0 saturated carbocycles. The number of carbonyl (C=O) groups is 1. The standard InChI is InChI=1S/C31H28O14/c1-41-20-10-15(5-8-18(20)33)30-28(39)26(37)24-19(34)11-17(12-21(24)44-30)43-31-29(40)27(38)25(36)22(45-31)13-42-23(35)9-4-14-2-6-16(32)7-3-14/h2-12,22,25,27,29,31-34,36,38-40H,13H2,1H3/b9-4+/t22-,25-,27+,29-,31-/m0/s1. The first-order valence-electron chi connectivity index (χ1n) is 13.4. The van der Waals surface area contributed by atoms with Gasteiger partial charge in [-0.15, -0.1) is 0 Å². The molecule has 0 bridgehead atoms. The van der Waals surface area contributed by atoms with Crippen LogP contribution in [0.4, 0.5) is 0 Å². The summed E-state index contributed by atoms with van der Waals surface area (Å²) in [6.07, 6.45) is -5.73. The average Bonchev–Trinajstić information content (AvgIpc) is 3.02. The van der Waals surface area contributed by atoms with Crippen LogP contribution in [0.5, 0.6) is 34.5 Å². The number of methoxy groups -OCH3 is 1. The summed E-state index contributed by atoms with van der Waals surface area (Å²) in [5, 5.41) is 71.3. The van der Waals surface area contributed by atoms with Gasteiger partial charge in [-0.05, 0) is 42.0 Å². The van der Waals surface area contributed by atoms with Crippen LogP contribution in [-0.2, 0) is 14.3 Å². The van der Waals surface area contributed by atoms with E-state index in [1.54, 1.807) is 12.1 Å². The third kappa shape index (κ3) is 6.49. The van der Waals surface area contributed by atoms with Gasteiger partial charge in [0.1, 0.15) is 59.2 Å². The Kier molecular flexibility index (Phi) is 8.83. The largest absolute Gasteiger partial charge is 0.508 e. The van der Waals surface area contributed by atoms with Crippen LogP contribution >= 0.6 is 0 Å². The van der Waals surface area contributed by atoms with Gasteiger partial charge in [0.05, 0.1) is 7.11 Å². The molecule has 0 spiro atoms. The Balaban J connectivity index is 1.36. The number of ether oxygens (including phenoxy) is 4. The number of aliphatic hydroxyl groups excluding tert-OH is 3. The van der Waals surface area contributed by atoms with E-state index in [-0.39, 0.29) is 45.3 Å². The van der Waals surface area contributed by atoms with E-state index in [1.165, 1.54) is 43.5 Å². The summed E-state index contributed by atoms with van der Waals surface area (Å²) in [6.45, 7) is -0.542. The van der Waals surface area contributed by atoms with Crippen LogP contribution in [0, 0.1) is 0 Å². The number of benzene rings is 3. The van der Waals surface area contributed by atoms with Crippen LogP contribution in [0.25, 0.3) is 28.4 Å². The van der Waals surface area contributed by atoms with Gasteiger partial charge in [0, 0.05) is 23.8 Å². The maximum Gasteiger partial charge on any atom is 0.330 e. The maximum atomic E-state index is 12.9. The van der Waals surface area contributed by atoms with Crippen molar-refractivity contribution in [2.24, 2.45) is 0 Å². The molecule has 0 aliphatic carbocycles. The van der Waals surface area contributed by atoms with E-state index in [1.807, 2.05) is 0 Å². The Morgan fingerprint density at radius 3 is 2.36 bits per heavy atom. The van der Waals surface area contributed by atoms with Gasteiger partial charge in [-0.2, -0.15) is 0 Å². The van der Waals surface area contributed by atoms with Crippen molar-refractivity contribution in [3.8, 4) is 45.8 Å². The Hall–Kier alpha value is -5.28. The molecule has 1 aromatic heterocycles. The first-order valence-corrected chi connectivity index (χ1v) is 13.4. The van der Waals surface area contributed by atoms with E-state index >= 15 is 0 Å². The predicted molar refractivity (Wildman–Crippen MR) is 155 cm³/mol. The summed E-state index contributed by atoms with van der Waals surface area (Å²) in [5.74, 6) is -2.91. The molecule has 14 nitrogen and oxygen atoms in total. The highest BCUT2D eigenvalue weighted by Gasteiger charge is 2.45. The number of carbonyl (C=O) groups excluding carboxylic acids is 1. The number of rotatable bonds is 8. The Morgan fingerprint density at radius 2 is 1.64 bits per heavy atom. The van der Waals surface area contributed by atoms with Gasteiger partial charge < -0.3 is 59.1 Å². The van der Waals surface area contributed by atoms with Crippen LogP contribution < -0.4 is 14.9 Å². The predicted octanol–water partition coefficient (Wildman–Crippen LogP) is 1.73. The van der Waals surface area contributed by atoms with Crippen molar-refractivity contribution in [2.75, 3.05) is 13.7 Å². The second kappa shape index (κ2) is 12.8. The van der Waals surface area contributed by atoms with E-state index in [4.69, 9.17) is 23.4 Å². The van der Waals surface area contributed by atoms with Gasteiger partial charge in [0.2, 0.25) is 17.5 Å². The van der Waals surface area contributed by atoms with Crippen molar-refractivity contribution in [3.05, 3.63) is 76.5 Å². The lowest BCUT2D eigenvalue weighted by Gasteiger charge is -2.39. The third-order valence-corrected chi connectivity index (χ3v) is 6.98. The Bertz CT molecular complexity index is 1800. The second-order valence-corrected chi connectivity index (χ2v) is 10.00. The fraction of sp³-hybridized carbons (Fsp3) is 0.226. The molecule has 5 rings (SSSR count). The molecule has 1 aliphatic heterocycles. The first kappa shape index (κ1) is 31.2. The minimum Gasteiger partial charge on any atom is -0.508 e. The number of phenols is 3. The fourth-order valence-corrected chi connectivity index (χ4v) is 4.60. The van der Waals surface area contributed by atoms with Crippen molar-refractivity contribution in [3.63, 3.8) is 0 Å². The van der Waals surface area contributed by atoms with Crippen LogP contribution in [0.2, 0.25) is 0 Å². The van der Waals surface area contributed by atoms with Gasteiger partial charge in [0.15, 0.2) is 17.3 Å². The average molecular weight is 625 g/mol. The Morgan fingerprint density at radius 1 is 0.911 bits per heavy atom. The molecule has 5 atom stereocenters. The lowest BCUT2D eigenvalue weighted by atomic mass is 9.99. The number of aliphatic hydroxyl groups is 3. The molecule has 14 heteroatoms. The smallest absolute Gasteiger partial charge is 0.330 e. The summed E-state index contributed by atoms with van der Waals surface area (Å²) < 4.78 is 27.1. The topological polar surface area (TPSA) is 226 Å². The number of aromatic hydroxyl groups is 4. The zero-order chi connectivity index (χ0) is 32.4. The monoisotopic (exact) mass is 624 g/mol. The number of esters is 1. The van der Waals surface area contributed by atoms with Crippen LogP contribution in [0.15, 0.2) is 69.9 Å². The van der Waals surface area contributed by atoms with Gasteiger partial charge in [-0.3, -0.25) is 4.79 Å². The van der Waals surface area contributed by atoms with Crippen LogP contribution in [-0.4, -0.2) is 86.1 Å². The van der Waals surface area contributed by atoms with Crippen molar-refractivity contribution < 1.29 is 63.9 Å². The highest BCUT2D eigenvalue weighted by atomic mass is 16.7. The van der Waals surface area contributed by atoms with Crippen molar-refractivity contribution in [2.45, 2.75) is 30.7 Å². The Labute approximate surface area is 253 Å². The van der Waals surface area contributed by atoms with Crippen LogP contribution in [0.3, 0.4) is 0 Å². The molecule has 236 valence electrons. The van der Waals surface area contributed by atoms with E-state index in [2.05, 4.69) is 0 Å². The van der Waals surface area contributed by atoms with Gasteiger partial charge in [-0.25, -0.2) is 4.79 Å². The lowest BCUT2D eigenvalue weighted by molar-refractivity contribution is -0.278. The SMILES string of the molecule is COc1cc(-c2oc3cc(O[C@H]4O[C@@H](COC(=O)/C=C/c5ccc(O)cc5)[C@H](O)[C@@H](O)[C@@H]4O)cc(O)c3c(=O)c2O)ccc1O. The highest BCUT2D eigenvalue weighted by molar-refractivity contribution is 5.88. The van der Waals surface area contributed by atoms with Gasteiger partial charge >= 0.3 is 5.97 Å². The molecule has 0 unspecified atom stereocenters. The summed E-state index contributed by atoms with van der Waals surface area (Å²) in [7, 11) is 1.31. The zero-order valence-corrected chi connectivity index (χ0v) is 23.4. The molecule has 1 saturated heterocycles. The van der Waals surface area contributed by atoms with E-state index in [9.17, 15) is 45.3 Å². The molecule has 0 radical (unpaired) electrons. The molecule has 4 aromatic rings. The fourth-order valence-electron chi connectivity index (χ4n) is 4.60. The quantitative estimate of drug-likeness (QED) is 0.110. The lowest BCUT2D eigenvalue weighted by Crippen LogP contribution is -2.60. The van der Waals surface area contributed by atoms with Crippen molar-refractivity contribution in [1.82, 2.24) is 0 Å². The molecule has 2 heterocycles. The van der Waals surface area contributed by atoms with Crippen LogP contribution in [0.1, 0.15) is 5.56 Å². The van der Waals surface area contributed by atoms with Gasteiger partial charge in [-0.1, -0.05) is 12.1 Å². The summed E-state index contributed by atoms with van der Waals surface area (Å²) >= 11 is 0. The molecule has 7 N–H and O–H groups in total. The number of phenolic OH excluding ortho intramolecular Hbond substituents is 3. The first-order chi connectivity index (χ1) is 21.5. The number of fused-ring (bicyclic) bond motifs is 1. The minimum atomic E-state index is -1.80. The third-order valence-electron chi connectivity index (χ3n) is 6.98. The summed E-state index contributed by atoms with van der Waals surface area (Å²) in [4.78, 5) is 25.1. The molecule has 1 fully saturated rings. The zero-order valence-electron chi connectivity index (χ0n) is 23.4.